The normalized spacial score (nSPS) is 21.1. The molecule has 1 aliphatic rings. The number of carboxylic acid groups (broad SMARTS) is 1. The summed E-state index contributed by atoms with van der Waals surface area (Å²) in [6.45, 7) is 3.40. The van der Waals surface area contributed by atoms with Gasteiger partial charge in [0.05, 0.1) is 6.61 Å². The van der Waals surface area contributed by atoms with Crippen molar-refractivity contribution in [1.82, 2.24) is 5.32 Å². The van der Waals surface area contributed by atoms with E-state index in [2.05, 4.69) is 5.32 Å². The van der Waals surface area contributed by atoms with Gasteiger partial charge in [0.2, 0.25) is 0 Å². The largest absolute Gasteiger partial charge is 0.490 e. The summed E-state index contributed by atoms with van der Waals surface area (Å²) in [5, 5.41) is 19.5. The molecule has 1 unspecified atom stereocenters. The SMILES string of the molecule is CC(=O)SC1CCNCC1=CCO.O=C(O)C(F)(F)F. The first-order chi connectivity index (χ1) is 9.18. The molecule has 3 N–H and O–H groups in total. The van der Waals surface area contributed by atoms with Gasteiger partial charge in [-0.15, -0.1) is 0 Å². The Bertz CT molecular complexity index is 371. The molecule has 1 atom stereocenters. The fourth-order valence-corrected chi connectivity index (χ4v) is 2.39. The van der Waals surface area contributed by atoms with Crippen LogP contribution >= 0.6 is 11.8 Å². The van der Waals surface area contributed by atoms with Crippen molar-refractivity contribution in [3.8, 4) is 0 Å². The Hall–Kier alpha value is -1.06. The second-order valence-corrected chi connectivity index (χ2v) is 5.21. The third kappa shape index (κ3) is 8.18. The standard InChI is InChI=1S/C9H15NO2S.C2HF3O2/c1-7(12)13-9-2-4-10-6-8(9)3-5-11;3-2(4,5)1(6)7/h3,9-11H,2,4-6H2,1H3;(H,6,7). The molecule has 1 rings (SSSR count). The highest BCUT2D eigenvalue weighted by molar-refractivity contribution is 8.14. The molecule has 0 aromatic rings. The van der Waals surface area contributed by atoms with Crippen molar-refractivity contribution in [2.45, 2.75) is 24.8 Å². The maximum Gasteiger partial charge on any atom is 0.490 e. The van der Waals surface area contributed by atoms with Gasteiger partial charge in [0.25, 0.3) is 0 Å². The Morgan fingerprint density at radius 1 is 1.50 bits per heavy atom. The number of hydrogen-bond acceptors (Lipinski definition) is 5. The van der Waals surface area contributed by atoms with Gasteiger partial charge in [-0.2, -0.15) is 13.2 Å². The highest BCUT2D eigenvalue weighted by Crippen LogP contribution is 2.24. The Morgan fingerprint density at radius 3 is 2.45 bits per heavy atom. The van der Waals surface area contributed by atoms with Crippen molar-refractivity contribution in [2.75, 3.05) is 19.7 Å². The van der Waals surface area contributed by atoms with Gasteiger partial charge in [-0.25, -0.2) is 4.79 Å². The molecule has 0 amide bonds. The van der Waals surface area contributed by atoms with Crippen LogP contribution in [0.5, 0.6) is 0 Å². The lowest BCUT2D eigenvalue weighted by atomic mass is 10.1. The zero-order valence-electron chi connectivity index (χ0n) is 10.7. The van der Waals surface area contributed by atoms with E-state index in [1.165, 1.54) is 11.8 Å². The van der Waals surface area contributed by atoms with E-state index >= 15 is 0 Å². The van der Waals surface area contributed by atoms with Gasteiger partial charge in [-0.1, -0.05) is 17.8 Å². The average Bonchev–Trinajstić information content (AvgIpc) is 2.31. The van der Waals surface area contributed by atoms with Crippen LogP contribution in [0.3, 0.4) is 0 Å². The van der Waals surface area contributed by atoms with Crippen LogP contribution in [0.4, 0.5) is 13.2 Å². The number of aliphatic hydroxyl groups excluding tert-OH is 1. The van der Waals surface area contributed by atoms with E-state index < -0.39 is 12.1 Å². The monoisotopic (exact) mass is 315 g/mol. The second kappa shape index (κ2) is 8.98. The number of halogens is 3. The Morgan fingerprint density at radius 2 is 2.05 bits per heavy atom. The molecule has 9 heteroatoms. The molecule has 0 bridgehead atoms. The number of rotatable bonds is 2. The molecule has 0 aromatic carbocycles. The predicted molar refractivity (Wildman–Crippen MR) is 68.4 cm³/mol. The van der Waals surface area contributed by atoms with Gasteiger partial charge in [-0.3, -0.25) is 4.79 Å². The molecular formula is C11H16F3NO4S. The van der Waals surface area contributed by atoms with Crippen molar-refractivity contribution < 1.29 is 33.0 Å². The summed E-state index contributed by atoms with van der Waals surface area (Å²) >= 11 is 1.37. The van der Waals surface area contributed by atoms with Crippen LogP contribution in [-0.2, 0) is 9.59 Å². The fourth-order valence-electron chi connectivity index (χ4n) is 1.42. The third-order valence-electron chi connectivity index (χ3n) is 2.23. The summed E-state index contributed by atoms with van der Waals surface area (Å²) in [4.78, 5) is 19.8. The van der Waals surface area contributed by atoms with Gasteiger partial charge < -0.3 is 15.5 Å². The molecular weight excluding hydrogens is 299 g/mol. The molecule has 1 saturated heterocycles. The maximum absolute atomic E-state index is 10.9. The number of carboxylic acids is 1. The van der Waals surface area contributed by atoms with E-state index in [0.717, 1.165) is 25.1 Å². The molecule has 20 heavy (non-hydrogen) atoms. The fraction of sp³-hybridized carbons (Fsp3) is 0.636. The average molecular weight is 315 g/mol. The van der Waals surface area contributed by atoms with Gasteiger partial charge in [0.1, 0.15) is 0 Å². The summed E-state index contributed by atoms with van der Waals surface area (Å²) in [6, 6.07) is 0. The van der Waals surface area contributed by atoms with Crippen LogP contribution in [0.25, 0.3) is 0 Å². The van der Waals surface area contributed by atoms with Crippen LogP contribution in [0.2, 0.25) is 0 Å². The second-order valence-electron chi connectivity index (χ2n) is 3.83. The van der Waals surface area contributed by atoms with E-state index in [-0.39, 0.29) is 17.0 Å². The van der Waals surface area contributed by atoms with Crippen molar-refractivity contribution in [3.05, 3.63) is 11.6 Å². The van der Waals surface area contributed by atoms with Gasteiger partial charge in [0, 0.05) is 18.7 Å². The molecule has 5 nitrogen and oxygen atoms in total. The van der Waals surface area contributed by atoms with Crippen LogP contribution < -0.4 is 5.32 Å². The first-order valence-electron chi connectivity index (χ1n) is 5.66. The van der Waals surface area contributed by atoms with E-state index in [1.807, 2.05) is 0 Å². The van der Waals surface area contributed by atoms with E-state index in [4.69, 9.17) is 15.0 Å². The molecule has 1 fully saturated rings. The Balaban J connectivity index is 0.000000441. The molecule has 0 aliphatic carbocycles. The lowest BCUT2D eigenvalue weighted by Crippen LogP contribution is -2.32. The summed E-state index contributed by atoms with van der Waals surface area (Å²) in [7, 11) is 0. The Kier molecular flexibility index (Phi) is 8.51. The van der Waals surface area contributed by atoms with Crippen LogP contribution in [0.15, 0.2) is 11.6 Å². The molecule has 0 saturated carbocycles. The molecule has 0 radical (unpaired) electrons. The van der Waals surface area contributed by atoms with Crippen LogP contribution in [0.1, 0.15) is 13.3 Å². The van der Waals surface area contributed by atoms with Crippen molar-refractivity contribution in [3.63, 3.8) is 0 Å². The minimum absolute atomic E-state index is 0.0615. The summed E-state index contributed by atoms with van der Waals surface area (Å²) in [5.41, 5.74) is 1.15. The Labute approximate surface area is 118 Å². The number of aliphatic hydroxyl groups is 1. The van der Waals surface area contributed by atoms with Gasteiger partial charge in [-0.05, 0) is 18.5 Å². The summed E-state index contributed by atoms with van der Waals surface area (Å²) in [6.07, 6.45) is -2.32. The molecule has 0 spiro atoms. The van der Waals surface area contributed by atoms with Gasteiger partial charge >= 0.3 is 12.1 Å². The third-order valence-corrected chi connectivity index (χ3v) is 3.39. The number of aliphatic carboxylic acids is 1. The zero-order valence-corrected chi connectivity index (χ0v) is 11.6. The van der Waals surface area contributed by atoms with E-state index in [0.29, 0.717) is 0 Å². The highest BCUT2D eigenvalue weighted by atomic mass is 32.2. The molecule has 1 aliphatic heterocycles. The number of thioether (sulfide) groups is 1. The van der Waals surface area contributed by atoms with Crippen molar-refractivity contribution >= 4 is 22.8 Å². The minimum Gasteiger partial charge on any atom is -0.475 e. The number of hydrogen-bond donors (Lipinski definition) is 3. The maximum atomic E-state index is 10.9. The topological polar surface area (TPSA) is 86.6 Å². The number of carbonyl (C=O) groups excluding carboxylic acids is 1. The lowest BCUT2D eigenvalue weighted by molar-refractivity contribution is -0.192. The number of carbonyl (C=O) groups is 2. The van der Waals surface area contributed by atoms with E-state index in [9.17, 15) is 18.0 Å². The first kappa shape index (κ1) is 18.9. The van der Waals surface area contributed by atoms with Crippen LogP contribution in [-0.4, -0.2) is 52.4 Å². The van der Waals surface area contributed by atoms with Crippen molar-refractivity contribution in [1.29, 1.82) is 0 Å². The number of nitrogens with one attached hydrogen (secondary N) is 1. The van der Waals surface area contributed by atoms with E-state index in [1.54, 1.807) is 13.0 Å². The quantitative estimate of drug-likeness (QED) is 0.663. The number of alkyl halides is 3. The van der Waals surface area contributed by atoms with Gasteiger partial charge in [0.15, 0.2) is 5.12 Å². The first-order valence-corrected chi connectivity index (χ1v) is 6.54. The number of piperidine rings is 1. The summed E-state index contributed by atoms with van der Waals surface area (Å²) < 4.78 is 31.7. The molecule has 1 heterocycles. The lowest BCUT2D eigenvalue weighted by Gasteiger charge is -2.24. The minimum atomic E-state index is -5.08. The molecule has 116 valence electrons. The summed E-state index contributed by atoms with van der Waals surface area (Å²) in [5.74, 6) is -2.76. The molecule has 0 aromatic heterocycles. The predicted octanol–water partition coefficient (Wildman–Crippen LogP) is 1.18. The van der Waals surface area contributed by atoms with Crippen molar-refractivity contribution in [2.24, 2.45) is 0 Å². The van der Waals surface area contributed by atoms with Crippen LogP contribution in [0, 0.1) is 0 Å². The zero-order chi connectivity index (χ0) is 15.8. The smallest absolute Gasteiger partial charge is 0.475 e. The highest BCUT2D eigenvalue weighted by Gasteiger charge is 2.38.